The first-order valence-electron chi connectivity index (χ1n) is 8.84. The number of amides is 1. The van der Waals surface area contributed by atoms with Gasteiger partial charge in [-0.2, -0.15) is 0 Å². The maximum Gasteiger partial charge on any atom is 0.251 e. The molecule has 1 aromatic heterocycles. The Labute approximate surface area is 148 Å². The van der Waals surface area contributed by atoms with Gasteiger partial charge in [0, 0.05) is 18.0 Å². The van der Waals surface area contributed by atoms with Gasteiger partial charge in [0.05, 0.1) is 23.0 Å². The van der Waals surface area contributed by atoms with Crippen LogP contribution in [-0.4, -0.2) is 26.6 Å². The number of hydrogen-bond donors (Lipinski definition) is 2. The van der Waals surface area contributed by atoms with Gasteiger partial charge in [0.15, 0.2) is 0 Å². The molecule has 0 unspecified atom stereocenters. The van der Waals surface area contributed by atoms with Crippen molar-refractivity contribution < 1.29 is 9.90 Å². The van der Waals surface area contributed by atoms with Crippen molar-refractivity contribution in [1.29, 1.82) is 0 Å². The monoisotopic (exact) mass is 339 g/mol. The number of aryl methyl sites for hydroxylation is 2. The van der Waals surface area contributed by atoms with Crippen molar-refractivity contribution in [2.75, 3.05) is 0 Å². The van der Waals surface area contributed by atoms with Gasteiger partial charge >= 0.3 is 0 Å². The minimum absolute atomic E-state index is 0.0696. The van der Waals surface area contributed by atoms with Crippen molar-refractivity contribution in [2.24, 2.45) is 0 Å². The minimum atomic E-state index is -0.675. The molecular formula is C20H25N3O2. The van der Waals surface area contributed by atoms with Crippen LogP contribution in [0, 0.1) is 0 Å². The molecule has 0 saturated carbocycles. The number of aliphatic hydroxyl groups is 1. The largest absolute Gasteiger partial charge is 0.390 e. The molecule has 2 aromatic rings. The number of carbonyl (C=O) groups is 1. The van der Waals surface area contributed by atoms with Crippen molar-refractivity contribution in [3.8, 4) is 0 Å². The summed E-state index contributed by atoms with van der Waals surface area (Å²) in [5, 5.41) is 12.9. The fourth-order valence-corrected chi connectivity index (χ4v) is 3.13. The summed E-state index contributed by atoms with van der Waals surface area (Å²) >= 11 is 0. The van der Waals surface area contributed by atoms with E-state index in [1.165, 1.54) is 0 Å². The summed E-state index contributed by atoms with van der Waals surface area (Å²) in [6, 6.07) is 7.52. The fraction of sp³-hybridized carbons (Fsp3) is 0.450. The topological polar surface area (TPSA) is 75.1 Å². The highest BCUT2D eigenvalue weighted by molar-refractivity contribution is 5.94. The third kappa shape index (κ3) is 4.63. The maximum absolute atomic E-state index is 12.6. The lowest BCUT2D eigenvalue weighted by atomic mass is 9.95. The summed E-state index contributed by atoms with van der Waals surface area (Å²) in [6.07, 6.45) is 7.68. The van der Waals surface area contributed by atoms with Crippen molar-refractivity contribution in [3.63, 3.8) is 0 Å². The zero-order valence-electron chi connectivity index (χ0n) is 14.8. The average molecular weight is 339 g/mol. The van der Waals surface area contributed by atoms with Crippen molar-refractivity contribution in [1.82, 2.24) is 15.3 Å². The van der Waals surface area contributed by atoms with Crippen LogP contribution in [0.5, 0.6) is 0 Å². The van der Waals surface area contributed by atoms with E-state index < -0.39 is 5.60 Å². The molecule has 1 heterocycles. The molecule has 25 heavy (non-hydrogen) atoms. The van der Waals surface area contributed by atoms with Gasteiger partial charge in [-0.15, -0.1) is 0 Å². The molecule has 132 valence electrons. The second-order valence-corrected chi connectivity index (χ2v) is 7.32. The number of nitrogens with zero attached hydrogens (tertiary/aromatic N) is 2. The van der Waals surface area contributed by atoms with E-state index in [1.807, 2.05) is 24.3 Å². The van der Waals surface area contributed by atoms with Crippen LogP contribution in [0.4, 0.5) is 0 Å². The molecule has 1 amide bonds. The molecule has 1 aliphatic carbocycles. The van der Waals surface area contributed by atoms with E-state index in [0.29, 0.717) is 12.0 Å². The molecule has 0 fully saturated rings. The normalized spacial score (nSPS) is 17.0. The van der Waals surface area contributed by atoms with Gasteiger partial charge in [-0.1, -0.05) is 12.1 Å². The highest BCUT2D eigenvalue weighted by Crippen LogP contribution is 2.26. The van der Waals surface area contributed by atoms with Crippen LogP contribution in [0.2, 0.25) is 0 Å². The number of aromatic nitrogens is 2. The van der Waals surface area contributed by atoms with Crippen LogP contribution in [0.1, 0.15) is 66.5 Å². The van der Waals surface area contributed by atoms with Crippen LogP contribution in [0.25, 0.3) is 0 Å². The molecule has 5 nitrogen and oxygen atoms in total. The van der Waals surface area contributed by atoms with Gasteiger partial charge < -0.3 is 10.4 Å². The Morgan fingerprint density at radius 1 is 1.24 bits per heavy atom. The average Bonchev–Trinajstić information content (AvgIpc) is 2.60. The van der Waals surface area contributed by atoms with Crippen molar-refractivity contribution >= 4 is 5.91 Å². The van der Waals surface area contributed by atoms with E-state index in [-0.39, 0.29) is 11.9 Å². The Hall–Kier alpha value is -2.27. The summed E-state index contributed by atoms with van der Waals surface area (Å²) in [5.74, 6) is -0.0856. The fourth-order valence-electron chi connectivity index (χ4n) is 3.13. The molecule has 0 radical (unpaired) electrons. The third-order valence-electron chi connectivity index (χ3n) is 4.59. The van der Waals surface area contributed by atoms with E-state index in [0.717, 1.165) is 42.6 Å². The highest BCUT2D eigenvalue weighted by Gasteiger charge is 2.24. The molecule has 3 rings (SSSR count). The first kappa shape index (κ1) is 17.5. The Bertz CT molecular complexity index is 735. The molecule has 1 aromatic carbocycles. The smallest absolute Gasteiger partial charge is 0.251 e. The molecule has 0 spiro atoms. The van der Waals surface area contributed by atoms with Crippen LogP contribution in [0.3, 0.4) is 0 Å². The quantitative estimate of drug-likeness (QED) is 0.878. The van der Waals surface area contributed by atoms with Gasteiger partial charge in [-0.25, -0.2) is 0 Å². The zero-order chi connectivity index (χ0) is 17.9. The first-order chi connectivity index (χ1) is 11.9. The number of fused-ring (bicyclic) bond motifs is 1. The Balaban J connectivity index is 1.64. The molecule has 0 bridgehead atoms. The number of carbonyl (C=O) groups excluding carboxylic acids is 1. The van der Waals surface area contributed by atoms with Crippen molar-refractivity contribution in [2.45, 2.75) is 57.6 Å². The van der Waals surface area contributed by atoms with E-state index in [2.05, 4.69) is 15.3 Å². The van der Waals surface area contributed by atoms with Gasteiger partial charge in [-0.05, 0) is 63.6 Å². The standard InChI is InChI=1S/C20H25N3O2/c1-20(2,25)11-10-14-6-8-15(9-7-14)19(24)23-17-5-3-4-16-18(17)22-13-12-21-16/h6-9,12-13,17,25H,3-5,10-11H2,1-2H3,(H,23,24)/t17-/m0/s1. The lowest BCUT2D eigenvalue weighted by Crippen LogP contribution is -2.32. The SMILES string of the molecule is CC(C)(O)CCc1ccc(C(=O)N[C@H]2CCCc3nccnc32)cc1. The number of rotatable bonds is 5. The van der Waals surface area contributed by atoms with E-state index in [1.54, 1.807) is 26.2 Å². The predicted molar refractivity (Wildman–Crippen MR) is 96.2 cm³/mol. The van der Waals surface area contributed by atoms with Gasteiger partial charge in [0.2, 0.25) is 0 Å². The summed E-state index contributed by atoms with van der Waals surface area (Å²) in [6.45, 7) is 3.61. The Morgan fingerprint density at radius 3 is 2.68 bits per heavy atom. The van der Waals surface area contributed by atoms with Gasteiger partial charge in [0.25, 0.3) is 5.91 Å². The van der Waals surface area contributed by atoms with Crippen LogP contribution >= 0.6 is 0 Å². The number of benzene rings is 1. The lowest BCUT2D eigenvalue weighted by molar-refractivity contribution is 0.0713. The number of nitrogens with one attached hydrogen (secondary N) is 1. The molecule has 1 atom stereocenters. The molecule has 0 saturated heterocycles. The molecular weight excluding hydrogens is 314 g/mol. The Kier molecular flexibility index (Phi) is 5.13. The zero-order valence-corrected chi connectivity index (χ0v) is 14.8. The van der Waals surface area contributed by atoms with Gasteiger partial charge in [-0.3, -0.25) is 14.8 Å². The van der Waals surface area contributed by atoms with E-state index in [9.17, 15) is 9.90 Å². The summed E-state index contributed by atoms with van der Waals surface area (Å²) < 4.78 is 0. The van der Waals surface area contributed by atoms with Crippen LogP contribution < -0.4 is 5.32 Å². The lowest BCUT2D eigenvalue weighted by Gasteiger charge is -2.24. The second-order valence-electron chi connectivity index (χ2n) is 7.32. The maximum atomic E-state index is 12.6. The Morgan fingerprint density at radius 2 is 1.96 bits per heavy atom. The highest BCUT2D eigenvalue weighted by atomic mass is 16.3. The second kappa shape index (κ2) is 7.31. The summed E-state index contributed by atoms with van der Waals surface area (Å²) in [4.78, 5) is 21.3. The van der Waals surface area contributed by atoms with Crippen LogP contribution in [0.15, 0.2) is 36.7 Å². The molecule has 1 aliphatic rings. The molecule has 0 aliphatic heterocycles. The minimum Gasteiger partial charge on any atom is -0.390 e. The van der Waals surface area contributed by atoms with E-state index >= 15 is 0 Å². The summed E-state index contributed by atoms with van der Waals surface area (Å²) in [5.41, 5.74) is 2.96. The first-order valence-corrected chi connectivity index (χ1v) is 8.84. The van der Waals surface area contributed by atoms with Crippen LogP contribution in [-0.2, 0) is 12.8 Å². The number of hydrogen-bond acceptors (Lipinski definition) is 4. The van der Waals surface area contributed by atoms with Gasteiger partial charge in [0.1, 0.15) is 0 Å². The molecule has 2 N–H and O–H groups in total. The third-order valence-corrected chi connectivity index (χ3v) is 4.59. The summed E-state index contributed by atoms with van der Waals surface area (Å²) in [7, 11) is 0. The van der Waals surface area contributed by atoms with E-state index in [4.69, 9.17) is 0 Å². The van der Waals surface area contributed by atoms with Crippen molar-refractivity contribution in [3.05, 3.63) is 59.2 Å². The predicted octanol–water partition coefficient (Wildman–Crippen LogP) is 2.99. The molecule has 5 heteroatoms.